The van der Waals surface area contributed by atoms with Crippen molar-refractivity contribution in [2.45, 2.75) is 19.0 Å². The van der Waals surface area contributed by atoms with Crippen molar-refractivity contribution in [1.82, 2.24) is 34.1 Å². The van der Waals surface area contributed by atoms with Crippen molar-refractivity contribution in [3.63, 3.8) is 0 Å². The van der Waals surface area contributed by atoms with Gasteiger partial charge in [0.25, 0.3) is 0 Å². The molecule has 4 aromatic heterocycles. The molecule has 0 saturated carbocycles. The molecule has 1 aliphatic rings. The van der Waals surface area contributed by atoms with Gasteiger partial charge in [-0.25, -0.2) is 18.2 Å². The quantitative estimate of drug-likeness (QED) is 0.325. The van der Waals surface area contributed by atoms with Crippen molar-refractivity contribution >= 4 is 23.2 Å². The highest BCUT2D eigenvalue weighted by Gasteiger charge is 2.30. The standard InChI is InChI=1S/C25H20ClF3N8/c1-35-23(5-6-31-35)32-22-8-16(18(26)11-30-22)14-7-21-25-34-33-24(9-17-19(28)3-2-4-20(17)29)37(25)15(10-27)13-36(21)12-14/h2-8,11-12,15H,9-10,13H2,1H3,(H,30,32)/t15-/m0/s1. The second kappa shape index (κ2) is 9.07. The van der Waals surface area contributed by atoms with Crippen LogP contribution in [-0.4, -0.2) is 40.8 Å². The van der Waals surface area contributed by atoms with E-state index < -0.39 is 24.4 Å². The van der Waals surface area contributed by atoms with E-state index in [0.29, 0.717) is 34.7 Å². The van der Waals surface area contributed by atoms with Crippen molar-refractivity contribution in [3.8, 4) is 22.6 Å². The Morgan fingerprint density at radius 3 is 2.68 bits per heavy atom. The summed E-state index contributed by atoms with van der Waals surface area (Å²) in [6.07, 6.45) is 4.96. The van der Waals surface area contributed by atoms with Gasteiger partial charge in [-0.3, -0.25) is 4.68 Å². The van der Waals surface area contributed by atoms with Crippen LogP contribution in [0.2, 0.25) is 5.02 Å². The van der Waals surface area contributed by atoms with E-state index in [1.165, 1.54) is 18.2 Å². The summed E-state index contributed by atoms with van der Waals surface area (Å²) >= 11 is 6.51. The maximum absolute atomic E-state index is 14.3. The third-order valence-electron chi connectivity index (χ3n) is 6.48. The molecule has 0 amide bonds. The molecule has 0 bridgehead atoms. The summed E-state index contributed by atoms with van der Waals surface area (Å²) in [7, 11) is 1.81. The summed E-state index contributed by atoms with van der Waals surface area (Å²) in [5.41, 5.74) is 2.07. The lowest BCUT2D eigenvalue weighted by Crippen LogP contribution is -2.26. The van der Waals surface area contributed by atoms with Crippen molar-refractivity contribution in [3.05, 3.63) is 83.0 Å². The van der Waals surface area contributed by atoms with E-state index in [1.807, 2.05) is 36.0 Å². The van der Waals surface area contributed by atoms with Gasteiger partial charge in [0.15, 0.2) is 5.82 Å². The van der Waals surface area contributed by atoms with Crippen LogP contribution in [0.5, 0.6) is 0 Å². The number of pyridine rings is 1. The summed E-state index contributed by atoms with van der Waals surface area (Å²) in [5, 5.41) is 16.2. The summed E-state index contributed by atoms with van der Waals surface area (Å²) in [6, 6.07) is 8.57. The molecule has 0 aliphatic carbocycles. The average molecular weight is 525 g/mol. The van der Waals surface area contributed by atoms with Crippen LogP contribution in [-0.2, 0) is 20.0 Å². The lowest BCUT2D eigenvalue weighted by atomic mass is 10.1. The predicted molar refractivity (Wildman–Crippen MR) is 132 cm³/mol. The van der Waals surface area contributed by atoms with Crippen LogP contribution in [0.25, 0.3) is 22.6 Å². The Labute approximate surface area is 214 Å². The van der Waals surface area contributed by atoms with E-state index in [-0.39, 0.29) is 12.0 Å². The molecule has 37 heavy (non-hydrogen) atoms. The Balaban J connectivity index is 1.38. The zero-order valence-electron chi connectivity index (χ0n) is 19.5. The Morgan fingerprint density at radius 1 is 1.14 bits per heavy atom. The molecule has 0 radical (unpaired) electrons. The van der Waals surface area contributed by atoms with E-state index in [9.17, 15) is 13.2 Å². The first-order valence-corrected chi connectivity index (χ1v) is 11.8. The fourth-order valence-corrected chi connectivity index (χ4v) is 4.85. The first-order chi connectivity index (χ1) is 17.9. The highest BCUT2D eigenvalue weighted by Crippen LogP contribution is 2.38. The number of nitrogens with zero attached hydrogens (tertiary/aromatic N) is 7. The Morgan fingerprint density at radius 2 is 1.95 bits per heavy atom. The normalized spacial score (nSPS) is 14.5. The van der Waals surface area contributed by atoms with E-state index in [4.69, 9.17) is 11.6 Å². The number of aromatic nitrogens is 7. The minimum absolute atomic E-state index is 0.131. The molecule has 1 aliphatic heterocycles. The summed E-state index contributed by atoms with van der Waals surface area (Å²) in [5.74, 6) is 0.684. The van der Waals surface area contributed by atoms with Crippen molar-refractivity contribution < 1.29 is 13.2 Å². The van der Waals surface area contributed by atoms with Crippen LogP contribution >= 0.6 is 11.6 Å². The monoisotopic (exact) mass is 524 g/mol. The van der Waals surface area contributed by atoms with Gasteiger partial charge in [0.2, 0.25) is 0 Å². The van der Waals surface area contributed by atoms with Gasteiger partial charge in [-0.15, -0.1) is 10.2 Å². The van der Waals surface area contributed by atoms with Crippen LogP contribution in [0.4, 0.5) is 24.8 Å². The Kier molecular flexibility index (Phi) is 5.71. The van der Waals surface area contributed by atoms with Crippen molar-refractivity contribution in [2.75, 3.05) is 12.0 Å². The maximum atomic E-state index is 14.3. The van der Waals surface area contributed by atoms with Crippen LogP contribution in [0.3, 0.4) is 0 Å². The summed E-state index contributed by atoms with van der Waals surface area (Å²) in [6.45, 7) is -0.397. The first-order valence-electron chi connectivity index (χ1n) is 11.5. The van der Waals surface area contributed by atoms with Gasteiger partial charge in [-0.1, -0.05) is 17.7 Å². The van der Waals surface area contributed by atoms with Crippen LogP contribution in [0, 0.1) is 11.6 Å². The molecule has 0 spiro atoms. The molecule has 0 saturated heterocycles. The second-order valence-electron chi connectivity index (χ2n) is 8.78. The molecule has 0 fully saturated rings. The average Bonchev–Trinajstić information content (AvgIpc) is 3.60. The lowest BCUT2D eigenvalue weighted by molar-refractivity contribution is 0.310. The number of hydrogen-bond donors (Lipinski definition) is 1. The molecule has 5 aromatic rings. The van der Waals surface area contributed by atoms with E-state index >= 15 is 0 Å². The Bertz CT molecular complexity index is 1600. The van der Waals surface area contributed by atoms with Gasteiger partial charge < -0.3 is 14.5 Å². The number of anilines is 2. The topological polar surface area (TPSA) is 78.4 Å². The molecular weight excluding hydrogens is 505 g/mol. The summed E-state index contributed by atoms with van der Waals surface area (Å²) < 4.78 is 48.0. The van der Waals surface area contributed by atoms with Gasteiger partial charge in [0, 0.05) is 55.2 Å². The predicted octanol–water partition coefficient (Wildman–Crippen LogP) is 5.33. The van der Waals surface area contributed by atoms with E-state index in [1.54, 1.807) is 21.6 Å². The maximum Gasteiger partial charge on any atom is 0.181 e. The molecule has 6 rings (SSSR count). The number of alkyl halides is 1. The highest BCUT2D eigenvalue weighted by atomic mass is 35.5. The van der Waals surface area contributed by atoms with Crippen LogP contribution in [0.15, 0.2) is 55.0 Å². The molecule has 8 nitrogen and oxygen atoms in total. The number of rotatable bonds is 6. The molecule has 188 valence electrons. The Hall–Kier alpha value is -4.12. The van der Waals surface area contributed by atoms with Gasteiger partial charge in [-0.05, 0) is 24.3 Å². The lowest BCUT2D eigenvalue weighted by Gasteiger charge is -2.26. The zero-order valence-corrected chi connectivity index (χ0v) is 20.3. The molecule has 0 unspecified atom stereocenters. The second-order valence-corrected chi connectivity index (χ2v) is 9.18. The number of nitrogens with one attached hydrogen (secondary N) is 1. The van der Waals surface area contributed by atoms with Gasteiger partial charge >= 0.3 is 0 Å². The SMILES string of the molecule is Cn1nccc1Nc1cc(-c2cc3n(c2)C[C@H](CF)n2c(Cc4c(F)cccc4F)nnc2-3)c(Cl)cn1. The van der Waals surface area contributed by atoms with Crippen LogP contribution in [0.1, 0.15) is 17.4 Å². The fourth-order valence-electron chi connectivity index (χ4n) is 4.64. The van der Waals surface area contributed by atoms with Crippen LogP contribution < -0.4 is 5.32 Å². The number of benzene rings is 1. The zero-order chi connectivity index (χ0) is 25.7. The minimum Gasteiger partial charge on any atom is -0.342 e. The third kappa shape index (κ3) is 4.05. The van der Waals surface area contributed by atoms with Crippen molar-refractivity contribution in [2.24, 2.45) is 7.05 Å². The first kappa shape index (κ1) is 23.3. The number of aryl methyl sites for hydroxylation is 1. The molecule has 1 atom stereocenters. The number of halogens is 4. The molecule has 12 heteroatoms. The number of hydrogen-bond acceptors (Lipinski definition) is 5. The molecule has 1 aromatic carbocycles. The van der Waals surface area contributed by atoms with E-state index in [0.717, 1.165) is 16.9 Å². The molecule has 5 heterocycles. The van der Waals surface area contributed by atoms with Crippen molar-refractivity contribution in [1.29, 1.82) is 0 Å². The minimum atomic E-state index is -0.695. The largest absolute Gasteiger partial charge is 0.342 e. The molecular formula is C25H20ClF3N8. The highest BCUT2D eigenvalue weighted by molar-refractivity contribution is 6.33. The van der Waals surface area contributed by atoms with Gasteiger partial charge in [0.05, 0.1) is 23.0 Å². The fraction of sp³-hybridized carbons (Fsp3) is 0.200. The number of fused-ring (bicyclic) bond motifs is 3. The van der Waals surface area contributed by atoms with Gasteiger partial charge in [0.1, 0.15) is 35.8 Å². The molecule has 1 N–H and O–H groups in total. The smallest absolute Gasteiger partial charge is 0.181 e. The summed E-state index contributed by atoms with van der Waals surface area (Å²) in [4.78, 5) is 4.35. The third-order valence-corrected chi connectivity index (χ3v) is 6.78. The van der Waals surface area contributed by atoms with E-state index in [2.05, 4.69) is 25.6 Å². The van der Waals surface area contributed by atoms with Gasteiger partial charge in [-0.2, -0.15) is 5.10 Å².